The van der Waals surface area contributed by atoms with Gasteiger partial charge in [-0.15, -0.1) is 0 Å². The molecule has 0 spiro atoms. The van der Waals surface area contributed by atoms with E-state index in [-0.39, 0.29) is 0 Å². The lowest BCUT2D eigenvalue weighted by molar-refractivity contribution is 0.719. The van der Waals surface area contributed by atoms with Gasteiger partial charge in [0.2, 0.25) is 0 Å². The van der Waals surface area contributed by atoms with E-state index in [1.165, 1.54) is 33.0 Å². The summed E-state index contributed by atoms with van der Waals surface area (Å²) in [6.45, 7) is 2.30. The van der Waals surface area contributed by atoms with E-state index in [0.29, 0.717) is 11.7 Å². The maximum absolute atomic E-state index is 5.19. The average molecular weight is 654 g/mol. The zero-order valence-corrected chi connectivity index (χ0v) is 28.4. The van der Waals surface area contributed by atoms with Crippen LogP contribution < -0.4 is 0 Å². The maximum Gasteiger partial charge on any atom is 0.160 e. The zero-order valence-electron chi connectivity index (χ0n) is 28.4. The molecule has 51 heavy (non-hydrogen) atoms. The van der Waals surface area contributed by atoms with Gasteiger partial charge in [0.15, 0.2) is 5.82 Å². The van der Waals surface area contributed by atoms with Crippen LogP contribution in [-0.4, -0.2) is 15.0 Å². The van der Waals surface area contributed by atoms with Crippen LogP contribution in [-0.2, 0) is 6.42 Å². The molecule has 0 bridgehead atoms. The summed E-state index contributed by atoms with van der Waals surface area (Å²) in [6, 6.07) is 53.7. The smallest absolute Gasteiger partial charge is 0.160 e. The molecule has 1 aliphatic carbocycles. The van der Waals surface area contributed by atoms with Crippen molar-refractivity contribution in [3.05, 3.63) is 181 Å². The van der Waals surface area contributed by atoms with E-state index < -0.39 is 0 Å². The lowest BCUT2D eigenvalue weighted by Crippen LogP contribution is -2.06. The third-order valence-electron chi connectivity index (χ3n) is 9.94. The quantitative estimate of drug-likeness (QED) is 0.179. The number of hydrogen-bond donors (Lipinski definition) is 0. The Morgan fingerprint density at radius 3 is 1.88 bits per heavy atom. The predicted molar refractivity (Wildman–Crippen MR) is 212 cm³/mol. The largest absolute Gasteiger partial charge is 0.264 e. The van der Waals surface area contributed by atoms with Gasteiger partial charge < -0.3 is 0 Å². The van der Waals surface area contributed by atoms with Crippen LogP contribution in [0, 0.1) is 5.92 Å². The van der Waals surface area contributed by atoms with E-state index in [4.69, 9.17) is 9.97 Å². The summed E-state index contributed by atoms with van der Waals surface area (Å²) in [6.07, 6.45) is 9.39. The number of aromatic nitrogens is 3. The number of hydrogen-bond acceptors (Lipinski definition) is 3. The van der Waals surface area contributed by atoms with Crippen molar-refractivity contribution in [1.82, 2.24) is 15.0 Å². The summed E-state index contributed by atoms with van der Waals surface area (Å²) in [7, 11) is 0. The van der Waals surface area contributed by atoms with Crippen molar-refractivity contribution < 1.29 is 0 Å². The fraction of sp³-hybridized carbons (Fsp3) is 0.0625. The van der Waals surface area contributed by atoms with Gasteiger partial charge in [-0.3, -0.25) is 4.98 Å². The van der Waals surface area contributed by atoms with E-state index in [1.54, 1.807) is 6.20 Å². The minimum Gasteiger partial charge on any atom is -0.264 e. The molecule has 0 aliphatic heterocycles. The van der Waals surface area contributed by atoms with Crippen LogP contribution in [0.5, 0.6) is 0 Å². The first kappa shape index (κ1) is 30.6. The van der Waals surface area contributed by atoms with Crippen molar-refractivity contribution >= 4 is 16.8 Å². The monoisotopic (exact) mass is 653 g/mol. The Hall–Kier alpha value is -6.45. The fourth-order valence-electron chi connectivity index (χ4n) is 7.26. The highest BCUT2D eigenvalue weighted by Crippen LogP contribution is 2.39. The normalized spacial score (nSPS) is 13.6. The molecule has 242 valence electrons. The number of pyridine rings is 1. The Bertz CT molecular complexity index is 2540. The number of nitrogens with zero attached hydrogens (tertiary/aromatic N) is 3. The van der Waals surface area contributed by atoms with Crippen molar-refractivity contribution in [2.24, 2.45) is 5.92 Å². The molecule has 0 fully saturated rings. The molecule has 2 aromatic heterocycles. The van der Waals surface area contributed by atoms with Gasteiger partial charge in [-0.1, -0.05) is 146 Å². The van der Waals surface area contributed by atoms with E-state index in [1.807, 2.05) is 18.3 Å². The average Bonchev–Trinajstić information content (AvgIpc) is 3.21. The Morgan fingerprint density at radius 1 is 0.510 bits per heavy atom. The second-order valence-electron chi connectivity index (χ2n) is 13.4. The lowest BCUT2D eigenvalue weighted by atomic mass is 9.82. The molecule has 1 aliphatic rings. The van der Waals surface area contributed by atoms with E-state index in [9.17, 15) is 0 Å². The first-order chi connectivity index (χ1) is 25.2. The highest BCUT2D eigenvalue weighted by Gasteiger charge is 2.19. The van der Waals surface area contributed by atoms with Crippen molar-refractivity contribution in [2.45, 2.75) is 13.3 Å². The van der Waals surface area contributed by atoms with Crippen LogP contribution in [0.3, 0.4) is 0 Å². The van der Waals surface area contributed by atoms with E-state index in [0.717, 1.165) is 56.8 Å². The van der Waals surface area contributed by atoms with Crippen LogP contribution in [0.2, 0.25) is 0 Å². The molecule has 3 nitrogen and oxygen atoms in total. The second kappa shape index (κ2) is 13.1. The standard InChI is InChI=1S/C48H35N3/c1-32-16-25-43-42-15-6-5-11-39(42)29-44(45(43)27-32)35-19-23-37(24-20-35)47-30-46(36-21-17-34(18-22-36)41-14-8-26-49-31-41)50-48(51-47)40-13-7-12-38(28-40)33-9-3-2-4-10-33/h2-26,28-32H,27H2,1H3. The van der Waals surface area contributed by atoms with Gasteiger partial charge in [-0.25, -0.2) is 9.97 Å². The van der Waals surface area contributed by atoms with Crippen LogP contribution >= 0.6 is 0 Å². The van der Waals surface area contributed by atoms with Crippen molar-refractivity contribution in [2.75, 3.05) is 0 Å². The zero-order chi connectivity index (χ0) is 34.1. The summed E-state index contributed by atoms with van der Waals surface area (Å²) in [5.41, 5.74) is 14.7. The highest BCUT2D eigenvalue weighted by atomic mass is 14.9. The fourth-order valence-corrected chi connectivity index (χ4v) is 7.26. The Labute approximate surface area is 298 Å². The SMILES string of the molecule is CC1C=Cc2c(c(-c3ccc(-c4cc(-c5ccc(-c6cccnc6)cc5)nc(-c5cccc(-c6ccccc6)c5)n4)cc3)cc3ccccc23)C1. The molecular weight excluding hydrogens is 619 g/mol. The summed E-state index contributed by atoms with van der Waals surface area (Å²) >= 11 is 0. The first-order valence-corrected chi connectivity index (χ1v) is 17.6. The summed E-state index contributed by atoms with van der Waals surface area (Å²) < 4.78 is 0. The third-order valence-corrected chi connectivity index (χ3v) is 9.94. The molecule has 2 heterocycles. The second-order valence-corrected chi connectivity index (χ2v) is 13.4. The van der Waals surface area contributed by atoms with Gasteiger partial charge in [-0.2, -0.15) is 0 Å². The number of allylic oxidation sites excluding steroid dienone is 1. The topological polar surface area (TPSA) is 38.7 Å². The number of rotatable bonds is 6. The van der Waals surface area contributed by atoms with E-state index >= 15 is 0 Å². The molecule has 0 radical (unpaired) electrons. The minimum atomic E-state index is 0.508. The van der Waals surface area contributed by atoms with Crippen LogP contribution in [0.4, 0.5) is 0 Å². The molecule has 1 unspecified atom stereocenters. The molecule has 0 saturated heterocycles. The molecule has 6 aromatic carbocycles. The molecular formula is C48H35N3. The van der Waals surface area contributed by atoms with Gasteiger partial charge in [0.1, 0.15) is 0 Å². The molecule has 3 heteroatoms. The summed E-state index contributed by atoms with van der Waals surface area (Å²) in [5, 5.41) is 2.59. The van der Waals surface area contributed by atoms with Crippen molar-refractivity contribution in [3.63, 3.8) is 0 Å². The van der Waals surface area contributed by atoms with Gasteiger partial charge in [0.25, 0.3) is 0 Å². The van der Waals surface area contributed by atoms with Crippen molar-refractivity contribution in [3.8, 4) is 67.3 Å². The number of fused-ring (bicyclic) bond motifs is 3. The maximum atomic E-state index is 5.19. The van der Waals surface area contributed by atoms with Crippen LogP contribution in [0.15, 0.2) is 170 Å². The molecule has 0 N–H and O–H groups in total. The van der Waals surface area contributed by atoms with Crippen molar-refractivity contribution in [1.29, 1.82) is 0 Å². The van der Waals surface area contributed by atoms with Gasteiger partial charge in [0.05, 0.1) is 11.4 Å². The van der Waals surface area contributed by atoms with Gasteiger partial charge >= 0.3 is 0 Å². The number of benzene rings is 6. The summed E-state index contributed by atoms with van der Waals surface area (Å²) in [5.74, 6) is 1.21. The Kier molecular flexibility index (Phi) is 7.87. The van der Waals surface area contributed by atoms with Crippen LogP contribution in [0.1, 0.15) is 18.1 Å². The lowest BCUT2D eigenvalue weighted by Gasteiger charge is -2.22. The minimum absolute atomic E-state index is 0.508. The molecule has 1 atom stereocenters. The highest BCUT2D eigenvalue weighted by molar-refractivity contribution is 5.97. The molecule has 9 rings (SSSR count). The molecule has 0 saturated carbocycles. The van der Waals surface area contributed by atoms with Crippen LogP contribution in [0.25, 0.3) is 84.1 Å². The van der Waals surface area contributed by atoms with E-state index in [2.05, 4.69) is 164 Å². The first-order valence-electron chi connectivity index (χ1n) is 17.6. The van der Waals surface area contributed by atoms with Gasteiger partial charge in [0, 0.05) is 29.1 Å². The molecule has 8 aromatic rings. The Balaban J connectivity index is 1.14. The summed E-state index contributed by atoms with van der Waals surface area (Å²) in [4.78, 5) is 14.7. The Morgan fingerprint density at radius 2 is 1.14 bits per heavy atom. The molecule has 0 amide bonds. The predicted octanol–water partition coefficient (Wildman–Crippen LogP) is 12.2. The van der Waals surface area contributed by atoms with Gasteiger partial charge in [-0.05, 0) is 91.9 Å². The third kappa shape index (κ3) is 6.04.